The Balaban J connectivity index is 0.00000256. The number of nitrogens with zero attached hydrogens (tertiary/aromatic N) is 5. The summed E-state index contributed by atoms with van der Waals surface area (Å²) in [5.41, 5.74) is 3.89. The van der Waals surface area contributed by atoms with Gasteiger partial charge >= 0.3 is 6.09 Å². The summed E-state index contributed by atoms with van der Waals surface area (Å²) in [7, 11) is 0. The van der Waals surface area contributed by atoms with Crippen molar-refractivity contribution >= 4 is 11.7 Å². The molecule has 3 heterocycles. The lowest BCUT2D eigenvalue weighted by molar-refractivity contribution is 0.111. The predicted octanol–water partition coefficient (Wildman–Crippen LogP) is 3.99. The van der Waals surface area contributed by atoms with Gasteiger partial charge < -0.3 is 14.1 Å². The van der Waals surface area contributed by atoms with Gasteiger partial charge in [0.15, 0.2) is 0 Å². The molecule has 0 bridgehead atoms. The smallest absolute Gasteiger partial charge is 0.410 e. The van der Waals surface area contributed by atoms with Crippen LogP contribution in [0.2, 0.25) is 0 Å². The Hall–Kier alpha value is -3.55. The molecule has 0 fully saturated rings. The van der Waals surface area contributed by atoms with Gasteiger partial charge in [-0.05, 0) is 38.0 Å². The molecule has 150 valence electrons. The molecule has 0 spiro atoms. The van der Waals surface area contributed by atoms with E-state index in [2.05, 4.69) is 15.2 Å². The molecule has 1 aromatic carbocycles. The lowest BCUT2D eigenvalue weighted by Crippen LogP contribution is -2.35. The van der Waals surface area contributed by atoms with Crippen molar-refractivity contribution in [3.63, 3.8) is 0 Å². The summed E-state index contributed by atoms with van der Waals surface area (Å²) in [4.78, 5) is 22.7. The van der Waals surface area contributed by atoms with Crippen LogP contribution in [0, 0.1) is 6.92 Å². The zero-order valence-corrected chi connectivity index (χ0v) is 16.3. The van der Waals surface area contributed by atoms with E-state index in [9.17, 15) is 4.79 Å². The molecule has 2 aromatic heterocycles. The summed E-state index contributed by atoms with van der Waals surface area (Å²) in [6.45, 7) is 5.09. The van der Waals surface area contributed by atoms with E-state index in [4.69, 9.17) is 14.1 Å². The second-order valence-electron chi connectivity index (χ2n) is 6.59. The maximum Gasteiger partial charge on any atom is 0.410 e. The first-order valence-electron chi connectivity index (χ1n) is 9.49. The largest absolute Gasteiger partial charge is 0.450 e. The zero-order valence-electron chi connectivity index (χ0n) is 16.3. The van der Waals surface area contributed by atoms with E-state index in [-0.39, 0.29) is 7.52 Å². The molecular weight excluding hydrogens is 370 g/mol. The fraction of sp³-hybridized carbons (Fsp3) is 0.286. The Morgan fingerprint density at radius 3 is 2.76 bits per heavy atom. The van der Waals surface area contributed by atoms with Gasteiger partial charge in [0.05, 0.1) is 24.2 Å². The predicted molar refractivity (Wildman–Crippen MR) is 109 cm³/mol. The highest BCUT2D eigenvalue weighted by Gasteiger charge is 2.21. The normalized spacial score (nSPS) is 13.9. The first kappa shape index (κ1) is 18.8. The van der Waals surface area contributed by atoms with Crippen molar-refractivity contribution in [2.75, 3.05) is 19.7 Å². The fourth-order valence-electron chi connectivity index (χ4n) is 3.11. The van der Waals surface area contributed by atoms with E-state index in [1.807, 2.05) is 43.3 Å². The third-order valence-corrected chi connectivity index (χ3v) is 4.67. The Morgan fingerprint density at radius 1 is 1.24 bits per heavy atom. The molecule has 0 saturated heterocycles. The van der Waals surface area contributed by atoms with E-state index < -0.39 is 0 Å². The van der Waals surface area contributed by atoms with Crippen LogP contribution in [0.15, 0.2) is 47.0 Å². The summed E-state index contributed by atoms with van der Waals surface area (Å²) in [6.07, 6.45) is 4.10. The molecule has 1 aliphatic heterocycles. The van der Waals surface area contributed by atoms with Crippen LogP contribution in [0.3, 0.4) is 0 Å². The average Bonchev–Trinajstić information content (AvgIpc) is 3.25. The van der Waals surface area contributed by atoms with Gasteiger partial charge in [0, 0.05) is 20.1 Å². The average molecular weight is 393 g/mol. The summed E-state index contributed by atoms with van der Waals surface area (Å²) >= 11 is 0. The van der Waals surface area contributed by atoms with Crippen LogP contribution < -0.4 is 0 Å². The molecule has 8 nitrogen and oxygen atoms in total. The van der Waals surface area contributed by atoms with E-state index >= 15 is 0 Å². The second-order valence-corrected chi connectivity index (χ2v) is 6.59. The molecule has 29 heavy (non-hydrogen) atoms. The Kier molecular flexibility index (Phi) is 5.33. The topological polar surface area (TPSA) is 94.2 Å². The molecule has 0 N–H and O–H groups in total. The number of hydrogen-bond acceptors (Lipinski definition) is 7. The van der Waals surface area contributed by atoms with Gasteiger partial charge in [0.2, 0.25) is 5.89 Å². The molecule has 0 radical (unpaired) electrons. The number of benzene rings is 1. The Labute approximate surface area is 169 Å². The van der Waals surface area contributed by atoms with E-state index in [1.54, 1.807) is 18.0 Å². The van der Waals surface area contributed by atoms with Crippen molar-refractivity contribution < 1.29 is 15.4 Å². The maximum atomic E-state index is 11.9. The van der Waals surface area contributed by atoms with Gasteiger partial charge in [-0.15, -0.1) is 10.2 Å². The lowest BCUT2D eigenvalue weighted by atomic mass is 10.1. The number of rotatable bonds is 4. The Bertz CT molecular complexity index is 1050. The third-order valence-electron chi connectivity index (χ3n) is 4.67. The summed E-state index contributed by atoms with van der Waals surface area (Å²) in [6, 6.07) is 9.59. The number of aryl methyl sites for hydroxylation is 1. The minimum atomic E-state index is -0.294. The van der Waals surface area contributed by atoms with Gasteiger partial charge in [-0.2, -0.15) is 0 Å². The number of carbonyl (C=O) groups is 1. The number of aromatic nitrogens is 4. The Morgan fingerprint density at radius 2 is 2.03 bits per heavy atom. The minimum absolute atomic E-state index is 0. The standard InChI is InChI=1S/C21H21N5O3.H2/c1-3-28-21(27)26-11-9-15(10-12-26)17-13-22-14(2)18(23-17)20-25-24-19(29-20)16-7-5-4-6-8-16;/h4-9,13H,3,10-12H2,1-2H3;1H. The van der Waals surface area contributed by atoms with E-state index in [0.29, 0.717) is 49.3 Å². The zero-order chi connectivity index (χ0) is 20.2. The summed E-state index contributed by atoms with van der Waals surface area (Å²) in [5, 5.41) is 8.29. The number of carbonyl (C=O) groups excluding carboxylic acids is 1. The molecule has 1 amide bonds. The van der Waals surface area contributed by atoms with Gasteiger partial charge in [0.1, 0.15) is 5.69 Å². The van der Waals surface area contributed by atoms with Crippen LogP contribution >= 0.6 is 0 Å². The highest BCUT2D eigenvalue weighted by molar-refractivity contribution is 5.72. The SMILES string of the molecule is CCOC(=O)N1CC=C(c2cnc(C)c(-c3nnc(-c4ccccc4)o3)n2)CC1.[HH]. The highest BCUT2D eigenvalue weighted by atomic mass is 16.6. The van der Waals surface area contributed by atoms with Crippen molar-refractivity contribution in [3.05, 3.63) is 54.0 Å². The first-order valence-corrected chi connectivity index (χ1v) is 9.49. The molecule has 8 heteroatoms. The van der Waals surface area contributed by atoms with Crippen LogP contribution in [-0.2, 0) is 4.74 Å². The van der Waals surface area contributed by atoms with Gasteiger partial charge in [-0.1, -0.05) is 24.3 Å². The van der Waals surface area contributed by atoms with Gasteiger partial charge in [0.25, 0.3) is 5.89 Å². The van der Waals surface area contributed by atoms with Crippen LogP contribution in [0.5, 0.6) is 0 Å². The summed E-state index contributed by atoms with van der Waals surface area (Å²) < 4.78 is 10.9. The van der Waals surface area contributed by atoms with Crippen LogP contribution in [0.25, 0.3) is 28.6 Å². The van der Waals surface area contributed by atoms with Crippen molar-refractivity contribution in [1.29, 1.82) is 0 Å². The third kappa shape index (κ3) is 4.01. The molecule has 3 aromatic rings. The van der Waals surface area contributed by atoms with E-state index in [0.717, 1.165) is 16.8 Å². The van der Waals surface area contributed by atoms with Crippen molar-refractivity contribution in [1.82, 2.24) is 25.1 Å². The first-order chi connectivity index (χ1) is 14.2. The number of ether oxygens (including phenoxy) is 1. The summed E-state index contributed by atoms with van der Waals surface area (Å²) in [5.74, 6) is 0.773. The number of hydrogen-bond donors (Lipinski definition) is 0. The van der Waals surface area contributed by atoms with Gasteiger partial charge in [-0.3, -0.25) is 4.98 Å². The second kappa shape index (κ2) is 8.22. The lowest BCUT2D eigenvalue weighted by Gasteiger charge is -2.25. The molecule has 0 aliphatic carbocycles. The monoisotopic (exact) mass is 393 g/mol. The van der Waals surface area contributed by atoms with Gasteiger partial charge in [-0.25, -0.2) is 9.78 Å². The van der Waals surface area contributed by atoms with Crippen molar-refractivity contribution in [2.45, 2.75) is 20.3 Å². The minimum Gasteiger partial charge on any atom is -0.450 e. The van der Waals surface area contributed by atoms with E-state index in [1.165, 1.54) is 0 Å². The fourth-order valence-corrected chi connectivity index (χ4v) is 3.11. The molecule has 0 saturated carbocycles. The molecule has 4 rings (SSSR count). The molecule has 0 atom stereocenters. The molecule has 1 aliphatic rings. The van der Waals surface area contributed by atoms with Crippen LogP contribution in [-0.4, -0.2) is 50.9 Å². The van der Waals surface area contributed by atoms with Crippen LogP contribution in [0.1, 0.15) is 26.2 Å². The molecule has 0 unspecified atom stereocenters. The number of amides is 1. The quantitative estimate of drug-likeness (QED) is 0.661. The maximum absolute atomic E-state index is 11.9. The molecular formula is C21H23N5O3. The van der Waals surface area contributed by atoms with Crippen molar-refractivity contribution in [2.24, 2.45) is 0 Å². The van der Waals surface area contributed by atoms with Crippen molar-refractivity contribution in [3.8, 4) is 23.0 Å². The van der Waals surface area contributed by atoms with Crippen LogP contribution in [0.4, 0.5) is 4.79 Å². The highest BCUT2D eigenvalue weighted by Crippen LogP contribution is 2.27.